The number of ether oxygens (including phenoxy) is 1. The zero-order chi connectivity index (χ0) is 14.5. The number of alkyl halides is 2. The van der Waals surface area contributed by atoms with E-state index in [1.165, 1.54) is 24.3 Å². The van der Waals surface area contributed by atoms with Crippen LogP contribution >= 0.6 is 0 Å². The van der Waals surface area contributed by atoms with Crippen molar-refractivity contribution in [2.75, 3.05) is 19.6 Å². The van der Waals surface area contributed by atoms with E-state index in [-0.39, 0.29) is 23.1 Å². The molecule has 7 heteroatoms. The molecule has 2 unspecified atom stereocenters. The molecule has 1 aromatic carbocycles. The van der Waals surface area contributed by atoms with E-state index in [2.05, 4.69) is 15.4 Å². The van der Waals surface area contributed by atoms with Crippen molar-refractivity contribution in [1.82, 2.24) is 10.6 Å². The van der Waals surface area contributed by atoms with E-state index in [9.17, 15) is 18.7 Å². The predicted octanol–water partition coefficient (Wildman–Crippen LogP) is 0.598. The van der Waals surface area contributed by atoms with E-state index in [4.69, 9.17) is 0 Å². The highest BCUT2D eigenvalue weighted by atomic mass is 19.3. The molecule has 110 valence electrons. The molecule has 0 radical (unpaired) electrons. The normalized spacial score (nSPS) is 22.0. The van der Waals surface area contributed by atoms with Crippen molar-refractivity contribution in [1.29, 1.82) is 0 Å². The summed E-state index contributed by atoms with van der Waals surface area (Å²) in [5.41, 5.74) is 0.239. The first-order chi connectivity index (χ1) is 9.56. The Morgan fingerprint density at radius 2 is 2.30 bits per heavy atom. The van der Waals surface area contributed by atoms with Crippen molar-refractivity contribution in [2.24, 2.45) is 5.92 Å². The van der Waals surface area contributed by atoms with Crippen LogP contribution in [-0.2, 0) is 0 Å². The molecule has 1 fully saturated rings. The molecule has 0 saturated carbocycles. The number of halogens is 2. The van der Waals surface area contributed by atoms with Gasteiger partial charge in [0.2, 0.25) is 0 Å². The Balaban J connectivity index is 1.91. The summed E-state index contributed by atoms with van der Waals surface area (Å²) in [4.78, 5) is 11.9. The van der Waals surface area contributed by atoms with Gasteiger partial charge >= 0.3 is 6.61 Å². The monoisotopic (exact) mass is 286 g/mol. The van der Waals surface area contributed by atoms with Crippen LogP contribution in [0.4, 0.5) is 8.78 Å². The molecule has 3 N–H and O–H groups in total. The van der Waals surface area contributed by atoms with Crippen LogP contribution in [0, 0.1) is 5.92 Å². The average Bonchev–Trinajstić information content (AvgIpc) is 2.81. The van der Waals surface area contributed by atoms with Gasteiger partial charge in [-0.15, -0.1) is 0 Å². The maximum Gasteiger partial charge on any atom is 0.387 e. The largest absolute Gasteiger partial charge is 0.435 e. The number of amides is 1. The smallest absolute Gasteiger partial charge is 0.387 e. The second kappa shape index (κ2) is 6.62. The summed E-state index contributed by atoms with van der Waals surface area (Å²) in [7, 11) is 0. The molecule has 1 aliphatic heterocycles. The Kier molecular flexibility index (Phi) is 4.86. The number of nitrogens with one attached hydrogen (secondary N) is 2. The predicted molar refractivity (Wildman–Crippen MR) is 67.8 cm³/mol. The standard InChI is InChI=1S/C13H16F2N2O3/c14-13(15)20-10-3-1-2-8(4-10)12(19)17-6-9-5-16-7-11(9)18/h1-4,9,11,13,16,18H,5-7H2,(H,17,19). The van der Waals surface area contributed by atoms with E-state index >= 15 is 0 Å². The number of carbonyl (C=O) groups excluding carboxylic acids is 1. The first kappa shape index (κ1) is 14.7. The van der Waals surface area contributed by atoms with Crippen LogP contribution in [0.5, 0.6) is 5.75 Å². The van der Waals surface area contributed by atoms with Gasteiger partial charge in [0, 0.05) is 31.1 Å². The first-order valence-corrected chi connectivity index (χ1v) is 6.28. The molecule has 1 aliphatic rings. The highest BCUT2D eigenvalue weighted by Crippen LogP contribution is 2.16. The molecule has 1 aromatic rings. The Morgan fingerprint density at radius 3 is 2.95 bits per heavy atom. The maximum atomic E-state index is 12.1. The van der Waals surface area contributed by atoms with E-state index in [1.807, 2.05) is 0 Å². The first-order valence-electron chi connectivity index (χ1n) is 6.28. The number of aliphatic hydroxyl groups is 1. The van der Waals surface area contributed by atoms with Gasteiger partial charge in [-0.05, 0) is 18.2 Å². The van der Waals surface area contributed by atoms with Crippen LogP contribution in [0.15, 0.2) is 24.3 Å². The lowest BCUT2D eigenvalue weighted by atomic mass is 10.1. The molecule has 2 atom stereocenters. The summed E-state index contributed by atoms with van der Waals surface area (Å²) in [6.45, 7) is -1.45. The van der Waals surface area contributed by atoms with Crippen LogP contribution in [0.2, 0.25) is 0 Å². The van der Waals surface area contributed by atoms with Crippen LogP contribution in [0.3, 0.4) is 0 Å². The number of β-amino-alcohol motifs (C(OH)–C–C–N with tert-alkyl or cyclic N) is 1. The van der Waals surface area contributed by atoms with Gasteiger partial charge in [0.05, 0.1) is 6.10 Å². The minimum Gasteiger partial charge on any atom is -0.435 e. The van der Waals surface area contributed by atoms with Gasteiger partial charge in [0.15, 0.2) is 0 Å². The molecule has 1 heterocycles. The highest BCUT2D eigenvalue weighted by molar-refractivity contribution is 5.94. The summed E-state index contributed by atoms with van der Waals surface area (Å²) in [6, 6.07) is 5.59. The summed E-state index contributed by atoms with van der Waals surface area (Å²) in [5.74, 6) is -0.488. The topological polar surface area (TPSA) is 70.6 Å². The fourth-order valence-electron chi connectivity index (χ4n) is 2.07. The van der Waals surface area contributed by atoms with Crippen molar-refractivity contribution in [3.8, 4) is 5.75 Å². The number of hydrogen-bond acceptors (Lipinski definition) is 4. The zero-order valence-corrected chi connectivity index (χ0v) is 10.7. The van der Waals surface area contributed by atoms with Crippen molar-refractivity contribution < 1.29 is 23.4 Å². The van der Waals surface area contributed by atoms with E-state index in [1.54, 1.807) is 0 Å². The number of hydrogen-bond donors (Lipinski definition) is 3. The van der Waals surface area contributed by atoms with Crippen LogP contribution < -0.4 is 15.4 Å². The molecule has 0 aliphatic carbocycles. The molecule has 1 amide bonds. The van der Waals surface area contributed by atoms with Gasteiger partial charge in [0.1, 0.15) is 5.75 Å². The minimum absolute atomic E-state index is 0.0422. The minimum atomic E-state index is -2.92. The average molecular weight is 286 g/mol. The Labute approximate surface area is 114 Å². The molecule has 5 nitrogen and oxygen atoms in total. The number of benzene rings is 1. The van der Waals surface area contributed by atoms with Crippen LogP contribution in [-0.4, -0.2) is 43.4 Å². The van der Waals surface area contributed by atoms with Crippen molar-refractivity contribution in [3.05, 3.63) is 29.8 Å². The summed E-state index contributed by atoms with van der Waals surface area (Å²) in [5, 5.41) is 15.3. The van der Waals surface area contributed by atoms with Gasteiger partial charge in [-0.1, -0.05) is 6.07 Å². The number of carbonyl (C=O) groups is 1. The number of aliphatic hydroxyl groups excluding tert-OH is 1. The third-order valence-electron chi connectivity index (χ3n) is 3.15. The molecule has 2 rings (SSSR count). The lowest BCUT2D eigenvalue weighted by molar-refractivity contribution is -0.0498. The highest BCUT2D eigenvalue weighted by Gasteiger charge is 2.25. The Bertz CT molecular complexity index is 471. The molecule has 20 heavy (non-hydrogen) atoms. The third kappa shape index (κ3) is 3.88. The zero-order valence-electron chi connectivity index (χ0n) is 10.7. The van der Waals surface area contributed by atoms with Gasteiger partial charge in [0.25, 0.3) is 5.91 Å². The van der Waals surface area contributed by atoms with Crippen LogP contribution in [0.1, 0.15) is 10.4 Å². The van der Waals surface area contributed by atoms with Gasteiger partial charge in [-0.25, -0.2) is 0 Å². The third-order valence-corrected chi connectivity index (χ3v) is 3.15. The van der Waals surface area contributed by atoms with Crippen LogP contribution in [0.25, 0.3) is 0 Å². The summed E-state index contributed by atoms with van der Waals surface area (Å²) < 4.78 is 28.4. The fraction of sp³-hybridized carbons (Fsp3) is 0.462. The van der Waals surface area contributed by atoms with E-state index in [0.717, 1.165) is 0 Å². The van der Waals surface area contributed by atoms with E-state index in [0.29, 0.717) is 19.6 Å². The molecule has 1 saturated heterocycles. The van der Waals surface area contributed by atoms with Gasteiger partial charge < -0.3 is 20.5 Å². The molecule has 0 aromatic heterocycles. The SMILES string of the molecule is O=C(NCC1CNCC1O)c1cccc(OC(F)F)c1. The number of rotatable bonds is 5. The lowest BCUT2D eigenvalue weighted by Crippen LogP contribution is -2.34. The van der Waals surface area contributed by atoms with Gasteiger partial charge in [-0.2, -0.15) is 8.78 Å². The fourth-order valence-corrected chi connectivity index (χ4v) is 2.07. The van der Waals surface area contributed by atoms with Gasteiger partial charge in [-0.3, -0.25) is 4.79 Å². The van der Waals surface area contributed by atoms with Crippen molar-refractivity contribution in [3.63, 3.8) is 0 Å². The summed E-state index contributed by atoms with van der Waals surface area (Å²) >= 11 is 0. The second-order valence-corrected chi connectivity index (χ2v) is 4.60. The molecular weight excluding hydrogens is 270 g/mol. The summed E-state index contributed by atoms with van der Waals surface area (Å²) in [6.07, 6.45) is -0.483. The molecular formula is C13H16F2N2O3. The quantitative estimate of drug-likeness (QED) is 0.741. The Hall–Kier alpha value is -1.73. The lowest BCUT2D eigenvalue weighted by Gasteiger charge is -2.14. The van der Waals surface area contributed by atoms with E-state index < -0.39 is 12.7 Å². The second-order valence-electron chi connectivity index (χ2n) is 4.60. The van der Waals surface area contributed by atoms with Crippen molar-refractivity contribution >= 4 is 5.91 Å². The molecule has 0 bridgehead atoms. The van der Waals surface area contributed by atoms with Crippen molar-refractivity contribution in [2.45, 2.75) is 12.7 Å². The maximum absolute atomic E-state index is 12.1. The Morgan fingerprint density at radius 1 is 1.50 bits per heavy atom. The molecule has 0 spiro atoms.